The molecule has 1 aromatic heterocycles. The first kappa shape index (κ1) is 6.95. The lowest BCUT2D eigenvalue weighted by Crippen LogP contribution is -2.22. The topological polar surface area (TPSA) is 55.9 Å². The molecule has 0 saturated carbocycles. The summed E-state index contributed by atoms with van der Waals surface area (Å²) < 4.78 is 0.505. The summed E-state index contributed by atoms with van der Waals surface area (Å²) in [6.07, 6.45) is 1.30. The van der Waals surface area contributed by atoms with E-state index in [-0.39, 0.29) is 5.56 Å². The van der Waals surface area contributed by atoms with E-state index in [4.69, 9.17) is 0 Å². The van der Waals surface area contributed by atoms with Crippen LogP contribution >= 0.6 is 12.2 Å². The molecule has 0 amide bonds. The zero-order valence-electron chi connectivity index (χ0n) is 4.96. The van der Waals surface area contributed by atoms with Crippen LogP contribution in [0.3, 0.4) is 0 Å². The minimum atomic E-state index is -1.20. The van der Waals surface area contributed by atoms with Crippen LogP contribution in [0.25, 0.3) is 0 Å². The maximum atomic E-state index is 10.1. The summed E-state index contributed by atoms with van der Waals surface area (Å²) in [5, 5.41) is 10.1. The van der Waals surface area contributed by atoms with Crippen molar-refractivity contribution in [3.8, 4) is 0 Å². The van der Waals surface area contributed by atoms with E-state index in [1.165, 1.54) is 18.3 Å². The van der Waals surface area contributed by atoms with Gasteiger partial charge in [-0.15, -0.1) is 0 Å². The van der Waals surface area contributed by atoms with Gasteiger partial charge in [-0.2, -0.15) is 0 Å². The SMILES string of the molecule is O=C([O-])c1ccc(=S)[nH]c1. The summed E-state index contributed by atoms with van der Waals surface area (Å²) in [6, 6.07) is 2.90. The summed E-state index contributed by atoms with van der Waals surface area (Å²) in [7, 11) is 0. The van der Waals surface area contributed by atoms with Crippen molar-refractivity contribution in [2.24, 2.45) is 0 Å². The molecular formula is C6H4NO2S-. The number of aromatic amines is 1. The molecule has 0 aromatic carbocycles. The molecule has 1 aromatic rings. The molecule has 0 saturated heterocycles. The molecular weight excluding hydrogens is 150 g/mol. The molecule has 4 heteroatoms. The minimum absolute atomic E-state index is 0.105. The van der Waals surface area contributed by atoms with Crippen molar-refractivity contribution < 1.29 is 9.90 Å². The Morgan fingerprint density at radius 2 is 2.30 bits per heavy atom. The van der Waals surface area contributed by atoms with Gasteiger partial charge in [0.05, 0.1) is 5.97 Å². The second-order valence-corrected chi connectivity index (χ2v) is 2.17. The van der Waals surface area contributed by atoms with Crippen molar-refractivity contribution in [1.82, 2.24) is 4.98 Å². The zero-order chi connectivity index (χ0) is 7.56. The Kier molecular flexibility index (Phi) is 1.82. The number of carbonyl (C=O) groups is 1. The normalized spacial score (nSPS) is 9.20. The van der Waals surface area contributed by atoms with E-state index in [0.29, 0.717) is 4.64 Å². The predicted molar refractivity (Wildman–Crippen MR) is 36.0 cm³/mol. The monoisotopic (exact) mass is 154 g/mol. The lowest BCUT2D eigenvalue weighted by Gasteiger charge is -1.98. The van der Waals surface area contributed by atoms with Crippen LogP contribution in [0.5, 0.6) is 0 Å². The minimum Gasteiger partial charge on any atom is -0.545 e. The van der Waals surface area contributed by atoms with E-state index >= 15 is 0 Å². The zero-order valence-corrected chi connectivity index (χ0v) is 5.77. The quantitative estimate of drug-likeness (QED) is 0.584. The number of aromatic nitrogens is 1. The van der Waals surface area contributed by atoms with E-state index < -0.39 is 5.97 Å². The van der Waals surface area contributed by atoms with E-state index in [1.807, 2.05) is 0 Å². The van der Waals surface area contributed by atoms with E-state index in [2.05, 4.69) is 17.2 Å². The third-order valence-corrected chi connectivity index (χ3v) is 1.27. The molecule has 0 radical (unpaired) electrons. The highest BCUT2D eigenvalue weighted by Crippen LogP contribution is 1.93. The fourth-order valence-electron chi connectivity index (χ4n) is 0.538. The van der Waals surface area contributed by atoms with Gasteiger partial charge >= 0.3 is 0 Å². The summed E-state index contributed by atoms with van der Waals surface area (Å²) in [6.45, 7) is 0. The molecule has 0 spiro atoms. The van der Waals surface area contributed by atoms with Gasteiger partial charge in [0, 0.05) is 11.8 Å². The fraction of sp³-hybridized carbons (Fsp3) is 0. The van der Waals surface area contributed by atoms with Gasteiger partial charge in [0.1, 0.15) is 4.64 Å². The van der Waals surface area contributed by atoms with Crippen molar-refractivity contribution in [3.05, 3.63) is 28.5 Å². The van der Waals surface area contributed by atoms with Crippen molar-refractivity contribution in [2.45, 2.75) is 0 Å². The molecule has 1 N–H and O–H groups in total. The molecule has 1 heterocycles. The number of aromatic carboxylic acids is 1. The second-order valence-electron chi connectivity index (χ2n) is 1.73. The lowest BCUT2D eigenvalue weighted by atomic mass is 10.3. The first-order chi connectivity index (χ1) is 4.70. The van der Waals surface area contributed by atoms with E-state index in [9.17, 15) is 9.90 Å². The molecule has 0 fully saturated rings. The third kappa shape index (κ3) is 1.41. The Bertz CT molecular complexity index is 284. The molecule has 0 aliphatic heterocycles. The van der Waals surface area contributed by atoms with Gasteiger partial charge in [0.15, 0.2) is 0 Å². The predicted octanol–water partition coefficient (Wildman–Crippen LogP) is 0.108. The first-order valence-corrected chi connectivity index (χ1v) is 3.01. The molecule has 0 aliphatic carbocycles. The number of rotatable bonds is 1. The molecule has 0 aliphatic rings. The smallest absolute Gasteiger partial charge is 0.103 e. The van der Waals surface area contributed by atoms with Crippen molar-refractivity contribution in [3.63, 3.8) is 0 Å². The average Bonchev–Trinajstić information content (AvgIpc) is 1.88. The number of carboxylic acid groups (broad SMARTS) is 1. The Morgan fingerprint density at radius 1 is 1.60 bits per heavy atom. The first-order valence-electron chi connectivity index (χ1n) is 2.60. The number of pyridine rings is 1. The van der Waals surface area contributed by atoms with Crippen LogP contribution in [-0.4, -0.2) is 11.0 Å². The molecule has 0 unspecified atom stereocenters. The Balaban J connectivity index is 3.12. The van der Waals surface area contributed by atoms with Gasteiger partial charge in [-0.3, -0.25) is 0 Å². The third-order valence-electron chi connectivity index (χ3n) is 1.02. The standard InChI is InChI=1S/C6H5NO2S/c8-6(9)4-1-2-5(10)7-3-4/h1-3H,(H,7,10)(H,8,9)/p-1. The number of carbonyl (C=O) groups excluding carboxylic acids is 1. The van der Waals surface area contributed by atoms with Gasteiger partial charge in [-0.25, -0.2) is 0 Å². The van der Waals surface area contributed by atoms with Gasteiger partial charge < -0.3 is 14.9 Å². The van der Waals surface area contributed by atoms with Crippen LogP contribution in [0.2, 0.25) is 0 Å². The molecule has 3 nitrogen and oxygen atoms in total. The van der Waals surface area contributed by atoms with E-state index in [1.54, 1.807) is 0 Å². The fourth-order valence-corrected chi connectivity index (χ4v) is 0.665. The Labute approximate surface area is 62.3 Å². The van der Waals surface area contributed by atoms with Crippen molar-refractivity contribution >= 4 is 18.2 Å². The van der Waals surface area contributed by atoms with Crippen LogP contribution in [0.1, 0.15) is 10.4 Å². The van der Waals surface area contributed by atoms with Crippen LogP contribution in [0.15, 0.2) is 18.3 Å². The van der Waals surface area contributed by atoms with Gasteiger partial charge in [-0.1, -0.05) is 12.2 Å². The summed E-state index contributed by atoms with van der Waals surface area (Å²) in [4.78, 5) is 12.7. The van der Waals surface area contributed by atoms with Gasteiger partial charge in [-0.05, 0) is 12.1 Å². The summed E-state index contributed by atoms with van der Waals surface area (Å²) in [5.74, 6) is -1.20. The van der Waals surface area contributed by atoms with Crippen LogP contribution in [0, 0.1) is 4.64 Å². The molecule has 0 bridgehead atoms. The number of hydrogen-bond donors (Lipinski definition) is 1. The summed E-state index contributed by atoms with van der Waals surface area (Å²) in [5.41, 5.74) is 0.105. The second kappa shape index (κ2) is 2.62. The van der Waals surface area contributed by atoms with Crippen molar-refractivity contribution in [2.75, 3.05) is 0 Å². The molecule has 52 valence electrons. The van der Waals surface area contributed by atoms with Crippen LogP contribution in [0.4, 0.5) is 0 Å². The van der Waals surface area contributed by atoms with Crippen LogP contribution < -0.4 is 5.11 Å². The van der Waals surface area contributed by atoms with Crippen LogP contribution in [-0.2, 0) is 0 Å². The largest absolute Gasteiger partial charge is 0.545 e. The lowest BCUT2D eigenvalue weighted by molar-refractivity contribution is -0.255. The number of H-pyrrole nitrogens is 1. The summed E-state index contributed by atoms with van der Waals surface area (Å²) >= 11 is 4.69. The number of carboxylic acids is 1. The maximum Gasteiger partial charge on any atom is 0.103 e. The number of hydrogen-bond acceptors (Lipinski definition) is 3. The van der Waals surface area contributed by atoms with E-state index in [0.717, 1.165) is 0 Å². The highest BCUT2D eigenvalue weighted by atomic mass is 32.1. The van der Waals surface area contributed by atoms with Gasteiger partial charge in [0.2, 0.25) is 0 Å². The molecule has 1 rings (SSSR count). The van der Waals surface area contributed by atoms with Crippen molar-refractivity contribution in [1.29, 1.82) is 0 Å². The highest BCUT2D eigenvalue weighted by molar-refractivity contribution is 7.71. The highest BCUT2D eigenvalue weighted by Gasteiger charge is 1.88. The molecule has 0 atom stereocenters. The Morgan fingerprint density at radius 3 is 2.70 bits per heavy atom. The molecule has 10 heavy (non-hydrogen) atoms. The maximum absolute atomic E-state index is 10.1. The Hall–Kier alpha value is -1.16. The van der Waals surface area contributed by atoms with Gasteiger partial charge in [0.25, 0.3) is 0 Å². The average molecular weight is 154 g/mol. The number of nitrogens with one attached hydrogen (secondary N) is 1.